The number of carbonyl (C=O) groups excluding carboxylic acids is 1. The van der Waals surface area contributed by atoms with Crippen LogP contribution in [0.4, 0.5) is 13.2 Å². The lowest BCUT2D eigenvalue weighted by Gasteiger charge is -2.14. The maximum absolute atomic E-state index is 12.7. The fraction of sp³-hybridized carbons (Fsp3) is 0.364. The van der Waals surface area contributed by atoms with Gasteiger partial charge in [-0.3, -0.25) is 4.79 Å². The average molecular weight is 257 g/mol. The van der Waals surface area contributed by atoms with Gasteiger partial charge in [0.25, 0.3) is 5.91 Å². The second kappa shape index (κ2) is 4.08. The highest BCUT2D eigenvalue weighted by molar-refractivity contribution is 5.94. The zero-order valence-corrected chi connectivity index (χ0v) is 9.45. The molecule has 0 spiro atoms. The third kappa shape index (κ3) is 1.96. The van der Waals surface area contributed by atoms with E-state index in [1.165, 1.54) is 24.3 Å². The molecule has 0 saturated heterocycles. The summed E-state index contributed by atoms with van der Waals surface area (Å²) in [6.45, 7) is 2.21. The molecular formula is C11H10F3N3O. The highest BCUT2D eigenvalue weighted by Gasteiger charge is 2.65. The molecular weight excluding hydrogens is 247 g/mol. The van der Waals surface area contributed by atoms with Crippen molar-refractivity contribution in [2.75, 3.05) is 6.54 Å². The highest BCUT2D eigenvalue weighted by Crippen LogP contribution is 2.52. The van der Waals surface area contributed by atoms with Crippen molar-refractivity contribution < 1.29 is 18.0 Å². The lowest BCUT2D eigenvalue weighted by atomic mass is 10.0. The Kier molecular flexibility index (Phi) is 2.84. The lowest BCUT2D eigenvalue weighted by molar-refractivity contribution is -0.166. The predicted octanol–water partition coefficient (Wildman–Crippen LogP) is 2.62. The van der Waals surface area contributed by atoms with Crippen LogP contribution in [0.5, 0.6) is 0 Å². The number of hydrogen-bond acceptors (Lipinski definition) is 3. The zero-order chi connectivity index (χ0) is 13.4. The van der Waals surface area contributed by atoms with Gasteiger partial charge >= 0.3 is 11.8 Å². The van der Waals surface area contributed by atoms with Crippen LogP contribution in [-0.2, 0) is 5.66 Å². The minimum Gasteiger partial charge on any atom is -0.352 e. The monoisotopic (exact) mass is 257 g/mol. The van der Waals surface area contributed by atoms with Crippen LogP contribution in [0.3, 0.4) is 0 Å². The molecule has 1 aromatic rings. The molecule has 0 unspecified atom stereocenters. The largest absolute Gasteiger partial charge is 0.442 e. The summed E-state index contributed by atoms with van der Waals surface area (Å²) in [4.78, 5) is 11.4. The van der Waals surface area contributed by atoms with Crippen molar-refractivity contribution in [2.45, 2.75) is 18.8 Å². The van der Waals surface area contributed by atoms with Gasteiger partial charge in [0, 0.05) is 17.7 Å². The number of hydrogen-bond donors (Lipinski definition) is 1. The summed E-state index contributed by atoms with van der Waals surface area (Å²) < 4.78 is 38.1. The van der Waals surface area contributed by atoms with Crippen molar-refractivity contribution in [1.29, 1.82) is 0 Å². The Balaban J connectivity index is 2.21. The maximum atomic E-state index is 12.7. The molecule has 2 rings (SSSR count). The topological polar surface area (TPSA) is 53.8 Å². The zero-order valence-electron chi connectivity index (χ0n) is 9.45. The molecule has 4 nitrogen and oxygen atoms in total. The highest BCUT2D eigenvalue weighted by atomic mass is 19.4. The fourth-order valence-corrected chi connectivity index (χ4v) is 1.56. The van der Waals surface area contributed by atoms with Crippen molar-refractivity contribution in [3.8, 4) is 0 Å². The van der Waals surface area contributed by atoms with E-state index in [0.29, 0.717) is 12.1 Å². The van der Waals surface area contributed by atoms with E-state index < -0.39 is 11.8 Å². The number of halogens is 3. The van der Waals surface area contributed by atoms with Crippen LogP contribution in [0.15, 0.2) is 34.5 Å². The quantitative estimate of drug-likeness (QED) is 0.889. The van der Waals surface area contributed by atoms with E-state index in [1.807, 2.05) is 0 Å². The van der Waals surface area contributed by atoms with Crippen molar-refractivity contribution in [1.82, 2.24) is 5.32 Å². The Hall–Kier alpha value is -1.92. The molecule has 1 amide bonds. The van der Waals surface area contributed by atoms with Gasteiger partial charge in [0.05, 0.1) is 0 Å². The summed E-state index contributed by atoms with van der Waals surface area (Å²) in [5, 5.41) is 8.73. The summed E-state index contributed by atoms with van der Waals surface area (Å²) >= 11 is 0. The first-order valence-corrected chi connectivity index (χ1v) is 5.30. The van der Waals surface area contributed by atoms with Crippen molar-refractivity contribution in [3.05, 3.63) is 35.4 Å². The van der Waals surface area contributed by atoms with E-state index in [2.05, 4.69) is 15.5 Å². The van der Waals surface area contributed by atoms with Crippen LogP contribution in [0.2, 0.25) is 0 Å². The van der Waals surface area contributed by atoms with Gasteiger partial charge in [0.15, 0.2) is 0 Å². The predicted molar refractivity (Wildman–Crippen MR) is 57.0 cm³/mol. The average Bonchev–Trinajstić information content (AvgIpc) is 3.10. The molecule has 1 heterocycles. The normalized spacial score (nSPS) is 16.4. The van der Waals surface area contributed by atoms with Gasteiger partial charge in [-0.05, 0) is 19.1 Å². The molecule has 0 bridgehead atoms. The minimum atomic E-state index is -4.54. The van der Waals surface area contributed by atoms with Gasteiger partial charge in [-0.1, -0.05) is 12.1 Å². The fourth-order valence-electron chi connectivity index (χ4n) is 1.56. The number of alkyl halides is 3. The van der Waals surface area contributed by atoms with Crippen molar-refractivity contribution in [2.24, 2.45) is 10.2 Å². The molecule has 0 radical (unpaired) electrons. The first-order chi connectivity index (χ1) is 8.40. The number of benzene rings is 1. The smallest absolute Gasteiger partial charge is 0.352 e. The van der Waals surface area contributed by atoms with Crippen molar-refractivity contribution >= 4 is 5.91 Å². The van der Waals surface area contributed by atoms with Crippen LogP contribution in [0, 0.1) is 0 Å². The van der Waals surface area contributed by atoms with E-state index in [4.69, 9.17) is 0 Å². The maximum Gasteiger partial charge on any atom is 0.442 e. The van der Waals surface area contributed by atoms with Gasteiger partial charge in [-0.15, -0.1) is 10.2 Å². The van der Waals surface area contributed by atoms with Crippen LogP contribution in [-0.4, -0.2) is 18.6 Å². The van der Waals surface area contributed by atoms with Crippen molar-refractivity contribution in [3.63, 3.8) is 0 Å². The van der Waals surface area contributed by atoms with Gasteiger partial charge in [-0.25, -0.2) is 0 Å². The Morgan fingerprint density at radius 3 is 2.22 bits per heavy atom. The first-order valence-electron chi connectivity index (χ1n) is 5.30. The van der Waals surface area contributed by atoms with E-state index in [-0.39, 0.29) is 11.5 Å². The molecule has 0 atom stereocenters. The van der Waals surface area contributed by atoms with Gasteiger partial charge in [0.1, 0.15) is 0 Å². The van der Waals surface area contributed by atoms with Gasteiger partial charge in [0.2, 0.25) is 0 Å². The van der Waals surface area contributed by atoms with E-state index in [1.54, 1.807) is 6.92 Å². The molecule has 0 fully saturated rings. The molecule has 0 saturated carbocycles. The van der Waals surface area contributed by atoms with Crippen LogP contribution in [0.25, 0.3) is 0 Å². The molecule has 1 aromatic carbocycles. The van der Waals surface area contributed by atoms with Gasteiger partial charge in [-0.2, -0.15) is 13.2 Å². The Bertz CT molecular complexity index is 487. The van der Waals surface area contributed by atoms with Crippen LogP contribution < -0.4 is 5.32 Å². The van der Waals surface area contributed by atoms with E-state index in [0.717, 1.165) is 0 Å². The Morgan fingerprint density at radius 1 is 1.28 bits per heavy atom. The summed E-state index contributed by atoms with van der Waals surface area (Å²) in [5.74, 6) is -0.324. The number of nitrogens with zero attached hydrogens (tertiary/aromatic N) is 2. The van der Waals surface area contributed by atoms with E-state index >= 15 is 0 Å². The molecule has 1 aliphatic rings. The molecule has 0 aliphatic carbocycles. The summed E-state index contributed by atoms with van der Waals surface area (Å²) in [5.41, 5.74) is -2.20. The molecule has 0 aromatic heterocycles. The molecule has 1 aliphatic heterocycles. The molecule has 7 heteroatoms. The minimum absolute atomic E-state index is 0.0805. The Labute approximate surface area is 101 Å². The third-order valence-corrected chi connectivity index (χ3v) is 2.58. The lowest BCUT2D eigenvalue weighted by Crippen LogP contribution is -2.30. The third-order valence-electron chi connectivity index (χ3n) is 2.58. The summed E-state index contributed by atoms with van der Waals surface area (Å²) in [7, 11) is 0. The van der Waals surface area contributed by atoms with Crippen LogP contribution in [0.1, 0.15) is 22.8 Å². The number of rotatable bonds is 3. The molecule has 1 N–H and O–H groups in total. The second-order valence-corrected chi connectivity index (χ2v) is 3.81. The number of amides is 1. The molecule has 18 heavy (non-hydrogen) atoms. The van der Waals surface area contributed by atoms with Gasteiger partial charge < -0.3 is 5.32 Å². The first kappa shape index (κ1) is 12.5. The van der Waals surface area contributed by atoms with E-state index in [9.17, 15) is 18.0 Å². The SMILES string of the molecule is CCNC(=O)c1ccc(C2(C(F)(F)F)N=N2)cc1. The number of nitrogens with one attached hydrogen (secondary N) is 1. The Morgan fingerprint density at radius 2 is 1.83 bits per heavy atom. The summed E-state index contributed by atoms with van der Waals surface area (Å²) in [6.07, 6.45) is -4.54. The molecule has 96 valence electrons. The summed E-state index contributed by atoms with van der Waals surface area (Å²) in [6, 6.07) is 5.10. The number of carbonyl (C=O) groups is 1. The van der Waals surface area contributed by atoms with Crippen LogP contribution >= 0.6 is 0 Å². The second-order valence-electron chi connectivity index (χ2n) is 3.81. The standard InChI is InChI=1S/C11H10F3N3O/c1-2-15-9(18)7-3-5-8(6-4-7)10(16-17-10)11(12,13)14/h3-6H,2H2,1H3,(H,15,18).